The zero-order valence-corrected chi connectivity index (χ0v) is 12.8. The number of benzene rings is 2. The van der Waals surface area contributed by atoms with Crippen molar-refractivity contribution in [2.45, 2.75) is 6.61 Å². The first kappa shape index (κ1) is 15.5. The summed E-state index contributed by atoms with van der Waals surface area (Å²) in [5.41, 5.74) is 6.57. The Kier molecular flexibility index (Phi) is 4.98. The van der Waals surface area contributed by atoms with E-state index >= 15 is 0 Å². The average Bonchev–Trinajstić information content (AvgIpc) is 2.45. The maximum Gasteiger partial charge on any atom is 0.133 e. The fraction of sp³-hybridized carbons (Fsp3) is 0.133. The van der Waals surface area contributed by atoms with Gasteiger partial charge in [0.15, 0.2) is 0 Å². The summed E-state index contributed by atoms with van der Waals surface area (Å²) in [4.78, 5) is 0.192. The van der Waals surface area contributed by atoms with Gasteiger partial charge in [-0.15, -0.1) is 0 Å². The number of ether oxygens (including phenoxy) is 2. The van der Waals surface area contributed by atoms with E-state index in [4.69, 9.17) is 39.0 Å². The zero-order valence-electron chi connectivity index (χ0n) is 11.2. The topological polar surface area (TPSA) is 44.5 Å². The molecule has 2 aromatic carbocycles. The Balaban J connectivity index is 2.20. The Bertz CT molecular complexity index is 679. The van der Waals surface area contributed by atoms with E-state index in [0.29, 0.717) is 27.6 Å². The summed E-state index contributed by atoms with van der Waals surface area (Å²) >= 11 is 10.9. The summed E-state index contributed by atoms with van der Waals surface area (Å²) in [6.45, 7) is 0.0335. The second-order valence-electron chi connectivity index (χ2n) is 4.25. The minimum atomic E-state index is -0.409. The standard InChI is InChI=1S/C15H13ClFNO2S/c1-19-11-4-2-9(13(17)7-11)8-20-14-6-10(16)3-5-12(14)15(18)21/h2-7H,8H2,1H3,(H2,18,21). The number of nitrogens with two attached hydrogens (primary N) is 1. The van der Waals surface area contributed by atoms with Gasteiger partial charge < -0.3 is 15.2 Å². The minimum absolute atomic E-state index is 0.0335. The summed E-state index contributed by atoms with van der Waals surface area (Å²) in [6, 6.07) is 9.48. The number of rotatable bonds is 5. The highest BCUT2D eigenvalue weighted by Crippen LogP contribution is 2.25. The van der Waals surface area contributed by atoms with Crippen LogP contribution >= 0.6 is 23.8 Å². The second-order valence-corrected chi connectivity index (χ2v) is 5.13. The van der Waals surface area contributed by atoms with Crippen LogP contribution in [0.1, 0.15) is 11.1 Å². The summed E-state index contributed by atoms with van der Waals surface area (Å²) in [5, 5.41) is 0.486. The molecule has 0 aliphatic rings. The molecule has 0 heterocycles. The predicted octanol–water partition coefficient (Wildman–Crippen LogP) is 3.70. The number of methoxy groups -OCH3 is 1. The molecule has 2 N–H and O–H groups in total. The molecule has 0 fully saturated rings. The van der Waals surface area contributed by atoms with Gasteiger partial charge in [-0.25, -0.2) is 4.39 Å². The largest absolute Gasteiger partial charge is 0.497 e. The van der Waals surface area contributed by atoms with Crippen LogP contribution < -0.4 is 15.2 Å². The molecule has 0 radical (unpaired) electrons. The Morgan fingerprint density at radius 1 is 1.29 bits per heavy atom. The molecule has 0 aliphatic heterocycles. The molecule has 0 aliphatic carbocycles. The maximum atomic E-state index is 13.8. The van der Waals surface area contributed by atoms with Crippen LogP contribution in [-0.2, 0) is 6.61 Å². The summed E-state index contributed by atoms with van der Waals surface area (Å²) < 4.78 is 24.4. The second kappa shape index (κ2) is 6.74. The molecule has 2 rings (SSSR count). The Morgan fingerprint density at radius 3 is 2.67 bits per heavy atom. The highest BCUT2D eigenvalue weighted by molar-refractivity contribution is 7.80. The van der Waals surface area contributed by atoms with Gasteiger partial charge in [-0.05, 0) is 30.3 Å². The molecule has 0 aromatic heterocycles. The van der Waals surface area contributed by atoms with E-state index in [1.54, 1.807) is 30.3 Å². The number of halogens is 2. The van der Waals surface area contributed by atoms with Gasteiger partial charge in [0.2, 0.25) is 0 Å². The maximum absolute atomic E-state index is 13.8. The molecule has 3 nitrogen and oxygen atoms in total. The summed E-state index contributed by atoms with van der Waals surface area (Å²) in [7, 11) is 1.48. The molecule has 0 saturated heterocycles. The van der Waals surface area contributed by atoms with E-state index in [1.165, 1.54) is 13.2 Å². The summed E-state index contributed by atoms with van der Waals surface area (Å²) in [6.07, 6.45) is 0. The average molecular weight is 326 g/mol. The van der Waals surface area contributed by atoms with E-state index in [-0.39, 0.29) is 11.6 Å². The SMILES string of the molecule is COc1ccc(COc2cc(Cl)ccc2C(N)=S)c(F)c1. The molecule has 0 bridgehead atoms. The van der Waals surface area contributed by atoms with Crippen LogP contribution in [0, 0.1) is 5.82 Å². The molecule has 2 aromatic rings. The predicted molar refractivity (Wildman–Crippen MR) is 84.6 cm³/mol. The van der Waals surface area contributed by atoms with Crippen molar-refractivity contribution in [1.29, 1.82) is 0 Å². The van der Waals surface area contributed by atoms with Crippen molar-refractivity contribution in [3.05, 3.63) is 58.4 Å². The van der Waals surface area contributed by atoms with Crippen LogP contribution in [0.2, 0.25) is 5.02 Å². The lowest BCUT2D eigenvalue weighted by Gasteiger charge is -2.12. The minimum Gasteiger partial charge on any atom is -0.497 e. The molecule has 0 unspecified atom stereocenters. The van der Waals surface area contributed by atoms with E-state index < -0.39 is 5.82 Å². The zero-order chi connectivity index (χ0) is 15.4. The van der Waals surface area contributed by atoms with Gasteiger partial charge in [0.05, 0.1) is 12.7 Å². The van der Waals surface area contributed by atoms with Crippen LogP contribution in [-0.4, -0.2) is 12.1 Å². The fourth-order valence-electron chi connectivity index (χ4n) is 1.75. The lowest BCUT2D eigenvalue weighted by atomic mass is 10.2. The smallest absolute Gasteiger partial charge is 0.133 e. The number of hydrogen-bond acceptors (Lipinski definition) is 3. The van der Waals surface area contributed by atoms with Crippen LogP contribution in [0.5, 0.6) is 11.5 Å². The van der Waals surface area contributed by atoms with Crippen LogP contribution in [0.15, 0.2) is 36.4 Å². The molecular formula is C15H13ClFNO2S. The first-order valence-corrected chi connectivity index (χ1v) is 6.84. The molecule has 0 amide bonds. The quantitative estimate of drug-likeness (QED) is 0.851. The molecule has 0 atom stereocenters. The fourth-order valence-corrected chi connectivity index (χ4v) is 2.08. The number of hydrogen-bond donors (Lipinski definition) is 1. The van der Waals surface area contributed by atoms with Gasteiger partial charge in [-0.3, -0.25) is 0 Å². The third kappa shape index (κ3) is 3.83. The van der Waals surface area contributed by atoms with E-state index in [1.807, 2.05) is 0 Å². The lowest BCUT2D eigenvalue weighted by Crippen LogP contribution is -2.12. The first-order chi connectivity index (χ1) is 10.0. The Morgan fingerprint density at radius 2 is 2.05 bits per heavy atom. The van der Waals surface area contributed by atoms with Gasteiger partial charge >= 0.3 is 0 Å². The third-order valence-electron chi connectivity index (χ3n) is 2.85. The van der Waals surface area contributed by atoms with Gasteiger partial charge in [0.25, 0.3) is 0 Å². The van der Waals surface area contributed by atoms with Gasteiger partial charge in [-0.2, -0.15) is 0 Å². The lowest BCUT2D eigenvalue weighted by molar-refractivity contribution is 0.298. The van der Waals surface area contributed by atoms with Crippen LogP contribution in [0.3, 0.4) is 0 Å². The van der Waals surface area contributed by atoms with Crippen LogP contribution in [0.4, 0.5) is 4.39 Å². The normalized spacial score (nSPS) is 10.2. The first-order valence-electron chi connectivity index (χ1n) is 6.06. The molecule has 0 saturated carbocycles. The Labute approximate surface area is 132 Å². The van der Waals surface area contributed by atoms with Gasteiger partial charge in [0.1, 0.15) is 28.9 Å². The molecular weight excluding hydrogens is 313 g/mol. The van der Waals surface area contributed by atoms with E-state index in [2.05, 4.69) is 0 Å². The van der Waals surface area contributed by atoms with Gasteiger partial charge in [0, 0.05) is 16.7 Å². The van der Waals surface area contributed by atoms with E-state index in [0.717, 1.165) is 0 Å². The van der Waals surface area contributed by atoms with Gasteiger partial charge in [-0.1, -0.05) is 23.8 Å². The highest BCUT2D eigenvalue weighted by Gasteiger charge is 2.10. The van der Waals surface area contributed by atoms with Crippen molar-refractivity contribution >= 4 is 28.8 Å². The van der Waals surface area contributed by atoms with Crippen LogP contribution in [0.25, 0.3) is 0 Å². The molecule has 6 heteroatoms. The molecule has 0 spiro atoms. The third-order valence-corrected chi connectivity index (χ3v) is 3.31. The summed E-state index contributed by atoms with van der Waals surface area (Å²) in [5.74, 6) is 0.460. The number of thiocarbonyl (C=S) groups is 1. The van der Waals surface area contributed by atoms with E-state index in [9.17, 15) is 4.39 Å². The monoisotopic (exact) mass is 325 g/mol. The highest BCUT2D eigenvalue weighted by atomic mass is 35.5. The molecule has 21 heavy (non-hydrogen) atoms. The van der Waals surface area contributed by atoms with Crippen molar-refractivity contribution < 1.29 is 13.9 Å². The van der Waals surface area contributed by atoms with Crippen molar-refractivity contribution in [2.24, 2.45) is 5.73 Å². The Hall–Kier alpha value is -1.85. The molecule has 110 valence electrons. The van der Waals surface area contributed by atoms with Crippen molar-refractivity contribution in [3.8, 4) is 11.5 Å². The van der Waals surface area contributed by atoms with Crippen molar-refractivity contribution in [2.75, 3.05) is 7.11 Å². The van der Waals surface area contributed by atoms with Crippen molar-refractivity contribution in [1.82, 2.24) is 0 Å². The van der Waals surface area contributed by atoms with Crippen molar-refractivity contribution in [3.63, 3.8) is 0 Å².